The molecule has 2 fully saturated rings. The van der Waals surface area contributed by atoms with Gasteiger partial charge in [0.05, 0.1) is 6.42 Å². The van der Waals surface area contributed by atoms with Crippen LogP contribution in [0.1, 0.15) is 37.2 Å². The molecule has 1 aliphatic carbocycles. The molecule has 2 heteroatoms. The lowest BCUT2D eigenvalue weighted by atomic mass is 9.75. The van der Waals surface area contributed by atoms with Crippen LogP contribution in [0, 0.1) is 5.92 Å². The number of fused-ring (bicyclic) bond motifs is 1. The molecule has 1 aliphatic heterocycles. The number of rotatable bonds is 1. The molecule has 1 saturated heterocycles. The van der Waals surface area contributed by atoms with E-state index in [0.717, 1.165) is 12.8 Å². The fourth-order valence-electron chi connectivity index (χ4n) is 3.12. The molecule has 0 N–H and O–H groups in total. The summed E-state index contributed by atoms with van der Waals surface area (Å²) in [5.41, 5.74) is 1.33. The second kappa shape index (κ2) is 3.93. The number of hydrogen-bond acceptors (Lipinski definition) is 2. The summed E-state index contributed by atoms with van der Waals surface area (Å²) in [4.78, 5) is 11.4. The van der Waals surface area contributed by atoms with Crippen LogP contribution >= 0.6 is 0 Å². The largest absolute Gasteiger partial charge is 0.461 e. The van der Waals surface area contributed by atoms with E-state index in [1.165, 1.54) is 12.0 Å². The molecule has 16 heavy (non-hydrogen) atoms. The van der Waals surface area contributed by atoms with Crippen LogP contribution < -0.4 is 0 Å². The molecule has 2 nitrogen and oxygen atoms in total. The topological polar surface area (TPSA) is 26.3 Å². The van der Waals surface area contributed by atoms with Crippen molar-refractivity contribution in [3.63, 3.8) is 0 Å². The van der Waals surface area contributed by atoms with Crippen molar-refractivity contribution >= 4 is 5.97 Å². The van der Waals surface area contributed by atoms with Gasteiger partial charge in [-0.1, -0.05) is 36.8 Å². The lowest BCUT2D eigenvalue weighted by Gasteiger charge is -2.32. The van der Waals surface area contributed by atoms with Gasteiger partial charge in [0.25, 0.3) is 0 Å². The van der Waals surface area contributed by atoms with E-state index in [2.05, 4.69) is 24.3 Å². The van der Waals surface area contributed by atoms with Crippen LogP contribution in [0.3, 0.4) is 0 Å². The molecule has 1 heterocycles. The molecular weight excluding hydrogens is 200 g/mol. The Kier molecular flexibility index (Phi) is 2.43. The van der Waals surface area contributed by atoms with E-state index < -0.39 is 0 Å². The van der Waals surface area contributed by atoms with Gasteiger partial charge >= 0.3 is 5.97 Å². The first-order valence-electron chi connectivity index (χ1n) is 6.09. The molecule has 1 saturated carbocycles. The number of carbonyl (C=O) groups is 1. The Labute approximate surface area is 95.6 Å². The lowest BCUT2D eigenvalue weighted by Crippen LogP contribution is -2.29. The quantitative estimate of drug-likeness (QED) is 0.675. The van der Waals surface area contributed by atoms with Crippen LogP contribution in [0.25, 0.3) is 0 Å². The highest BCUT2D eigenvalue weighted by molar-refractivity contribution is 5.72. The van der Waals surface area contributed by atoms with Gasteiger partial charge in [0.2, 0.25) is 0 Å². The van der Waals surface area contributed by atoms with Crippen LogP contribution in [0.15, 0.2) is 30.3 Å². The maximum atomic E-state index is 11.4. The van der Waals surface area contributed by atoms with Crippen molar-refractivity contribution in [1.29, 1.82) is 0 Å². The number of carbonyl (C=O) groups excluding carboxylic acids is 1. The Morgan fingerprint density at radius 3 is 2.75 bits per heavy atom. The average Bonchev–Trinajstić information content (AvgIpc) is 2.70. The molecule has 0 amide bonds. The Bertz CT molecular complexity index is 385. The molecule has 0 spiro atoms. The Hall–Kier alpha value is -1.31. The minimum Gasteiger partial charge on any atom is -0.461 e. The van der Waals surface area contributed by atoms with Crippen LogP contribution in [0.4, 0.5) is 0 Å². The van der Waals surface area contributed by atoms with Gasteiger partial charge in [-0.15, -0.1) is 0 Å². The van der Waals surface area contributed by atoms with E-state index in [1.807, 2.05) is 6.07 Å². The molecule has 1 aromatic rings. The van der Waals surface area contributed by atoms with Gasteiger partial charge in [0, 0.05) is 11.8 Å². The van der Waals surface area contributed by atoms with Gasteiger partial charge in [-0.3, -0.25) is 4.79 Å². The summed E-state index contributed by atoms with van der Waals surface area (Å²) in [5, 5.41) is 0. The maximum Gasteiger partial charge on any atom is 0.306 e. The van der Waals surface area contributed by atoms with E-state index in [9.17, 15) is 4.79 Å². The smallest absolute Gasteiger partial charge is 0.306 e. The van der Waals surface area contributed by atoms with Crippen molar-refractivity contribution in [2.24, 2.45) is 5.92 Å². The van der Waals surface area contributed by atoms with Gasteiger partial charge in [-0.25, -0.2) is 0 Å². The van der Waals surface area contributed by atoms with Gasteiger partial charge in [-0.2, -0.15) is 0 Å². The van der Waals surface area contributed by atoms with E-state index >= 15 is 0 Å². The zero-order chi connectivity index (χ0) is 11.0. The normalized spacial score (nSPS) is 33.2. The summed E-state index contributed by atoms with van der Waals surface area (Å²) >= 11 is 0. The van der Waals surface area contributed by atoms with E-state index in [4.69, 9.17) is 4.74 Å². The van der Waals surface area contributed by atoms with Crippen molar-refractivity contribution in [3.05, 3.63) is 35.9 Å². The molecule has 3 rings (SSSR count). The third kappa shape index (κ3) is 1.62. The predicted molar refractivity (Wildman–Crippen MR) is 61.0 cm³/mol. The van der Waals surface area contributed by atoms with Crippen LogP contribution in [-0.2, 0) is 9.53 Å². The fraction of sp³-hybridized carbons (Fsp3) is 0.500. The number of benzene rings is 1. The summed E-state index contributed by atoms with van der Waals surface area (Å²) < 4.78 is 5.49. The summed E-state index contributed by atoms with van der Waals surface area (Å²) in [5.74, 6) is 0.885. The van der Waals surface area contributed by atoms with Crippen molar-refractivity contribution in [3.8, 4) is 0 Å². The highest BCUT2D eigenvalue weighted by Gasteiger charge is 2.42. The number of ether oxygens (including phenoxy) is 1. The maximum absolute atomic E-state index is 11.4. The SMILES string of the molecule is O=C1CC2CCCC(c3ccccc3)C2O1. The van der Waals surface area contributed by atoms with E-state index in [1.54, 1.807) is 0 Å². The summed E-state index contributed by atoms with van der Waals surface area (Å²) in [6.45, 7) is 0. The van der Waals surface area contributed by atoms with Crippen LogP contribution in [-0.4, -0.2) is 12.1 Å². The highest BCUT2D eigenvalue weighted by atomic mass is 16.6. The minimum atomic E-state index is -0.00201. The molecule has 84 valence electrons. The number of hydrogen-bond donors (Lipinski definition) is 0. The third-order valence-electron chi connectivity index (χ3n) is 3.88. The second-order valence-corrected chi connectivity index (χ2v) is 4.87. The molecule has 1 aromatic carbocycles. The van der Waals surface area contributed by atoms with Gasteiger partial charge in [0.15, 0.2) is 0 Å². The van der Waals surface area contributed by atoms with E-state index in [0.29, 0.717) is 18.3 Å². The Balaban J connectivity index is 1.87. The number of esters is 1. The van der Waals surface area contributed by atoms with Crippen molar-refractivity contribution in [2.45, 2.75) is 37.7 Å². The second-order valence-electron chi connectivity index (χ2n) is 4.87. The first-order chi connectivity index (χ1) is 7.84. The Morgan fingerprint density at radius 2 is 1.94 bits per heavy atom. The fourth-order valence-corrected chi connectivity index (χ4v) is 3.12. The molecule has 0 bridgehead atoms. The molecule has 0 aromatic heterocycles. The van der Waals surface area contributed by atoms with Gasteiger partial charge in [0.1, 0.15) is 6.10 Å². The van der Waals surface area contributed by atoms with Crippen molar-refractivity contribution in [1.82, 2.24) is 0 Å². The van der Waals surface area contributed by atoms with Gasteiger partial charge in [-0.05, 0) is 18.4 Å². The highest BCUT2D eigenvalue weighted by Crippen LogP contribution is 2.43. The van der Waals surface area contributed by atoms with Crippen LogP contribution in [0.2, 0.25) is 0 Å². The molecule has 3 unspecified atom stereocenters. The monoisotopic (exact) mass is 216 g/mol. The predicted octanol–water partition coefficient (Wildman–Crippen LogP) is 2.89. The summed E-state index contributed by atoms with van der Waals surface area (Å²) in [6, 6.07) is 10.5. The molecule has 0 radical (unpaired) electrons. The Morgan fingerprint density at radius 1 is 1.12 bits per heavy atom. The lowest BCUT2D eigenvalue weighted by molar-refractivity contribution is -0.142. The first-order valence-corrected chi connectivity index (χ1v) is 6.09. The summed E-state index contributed by atoms with van der Waals surface area (Å²) in [7, 11) is 0. The molecule has 2 aliphatic rings. The summed E-state index contributed by atoms with van der Waals surface area (Å²) in [6.07, 6.45) is 4.30. The van der Waals surface area contributed by atoms with Crippen molar-refractivity contribution < 1.29 is 9.53 Å². The minimum absolute atomic E-state index is 0.00201. The average molecular weight is 216 g/mol. The standard InChI is InChI=1S/C14H16O2/c15-13-9-11-7-4-8-12(14(11)16-13)10-5-2-1-3-6-10/h1-3,5-6,11-12,14H,4,7-9H2. The molecule has 3 atom stereocenters. The van der Waals surface area contributed by atoms with E-state index in [-0.39, 0.29) is 12.1 Å². The van der Waals surface area contributed by atoms with Crippen molar-refractivity contribution in [2.75, 3.05) is 0 Å². The van der Waals surface area contributed by atoms with Gasteiger partial charge < -0.3 is 4.74 Å². The zero-order valence-corrected chi connectivity index (χ0v) is 9.26. The zero-order valence-electron chi connectivity index (χ0n) is 9.26. The van der Waals surface area contributed by atoms with Crippen LogP contribution in [0.5, 0.6) is 0 Å². The third-order valence-corrected chi connectivity index (χ3v) is 3.88. The first kappa shape index (κ1) is 9.88. The molecular formula is C14H16O2.